The fourth-order valence-corrected chi connectivity index (χ4v) is 7.15. The van der Waals surface area contributed by atoms with Gasteiger partial charge in [0.1, 0.15) is 5.78 Å². The van der Waals surface area contributed by atoms with Crippen molar-refractivity contribution >= 4 is 5.78 Å². The van der Waals surface area contributed by atoms with E-state index in [1.165, 1.54) is 25.7 Å². The molecular formula is C20H29NO. The molecule has 0 aromatic carbocycles. The van der Waals surface area contributed by atoms with Crippen molar-refractivity contribution in [2.45, 2.75) is 71.6 Å². The molecule has 0 saturated heterocycles. The molecule has 0 aliphatic heterocycles. The molecule has 0 amide bonds. The Morgan fingerprint density at radius 3 is 2.64 bits per heavy atom. The van der Waals surface area contributed by atoms with Crippen molar-refractivity contribution in [3.8, 4) is 6.07 Å². The second-order valence-electron chi connectivity index (χ2n) is 9.18. The Balaban J connectivity index is 1.62. The van der Waals surface area contributed by atoms with Gasteiger partial charge in [-0.05, 0) is 80.5 Å². The van der Waals surface area contributed by atoms with Crippen molar-refractivity contribution < 1.29 is 4.79 Å². The maximum absolute atomic E-state index is 12.4. The SMILES string of the molecule is C[C@]12CC[C@@H](C#N)C[C@H]1CC[C@@H]1[C@@H]2CC[C@]2(C)C(=O)CC[C@@H]12. The van der Waals surface area contributed by atoms with Gasteiger partial charge in [0.15, 0.2) is 0 Å². The van der Waals surface area contributed by atoms with Gasteiger partial charge in [-0.1, -0.05) is 13.8 Å². The Kier molecular flexibility index (Phi) is 3.23. The highest BCUT2D eigenvalue weighted by Gasteiger charge is 2.60. The van der Waals surface area contributed by atoms with Crippen molar-refractivity contribution in [2.75, 3.05) is 0 Å². The molecule has 0 N–H and O–H groups in total. The van der Waals surface area contributed by atoms with Crippen LogP contribution < -0.4 is 0 Å². The number of nitriles is 1. The Morgan fingerprint density at radius 1 is 1.05 bits per heavy atom. The summed E-state index contributed by atoms with van der Waals surface area (Å²) in [5, 5.41) is 9.30. The van der Waals surface area contributed by atoms with Crippen molar-refractivity contribution in [1.29, 1.82) is 5.26 Å². The summed E-state index contributed by atoms with van der Waals surface area (Å²) in [6.45, 7) is 4.80. The average molecular weight is 299 g/mol. The predicted molar refractivity (Wildman–Crippen MR) is 85.8 cm³/mol. The maximum atomic E-state index is 12.4. The Morgan fingerprint density at radius 2 is 1.86 bits per heavy atom. The van der Waals surface area contributed by atoms with Crippen LogP contribution in [0.25, 0.3) is 0 Å². The number of carbonyl (C=O) groups is 1. The van der Waals surface area contributed by atoms with Gasteiger partial charge in [0.25, 0.3) is 0 Å². The highest BCUT2D eigenvalue weighted by atomic mass is 16.1. The molecule has 4 fully saturated rings. The quantitative estimate of drug-likeness (QED) is 0.648. The molecule has 0 bridgehead atoms. The highest BCUT2D eigenvalue weighted by molar-refractivity contribution is 5.87. The molecule has 0 unspecified atom stereocenters. The lowest BCUT2D eigenvalue weighted by Gasteiger charge is -2.60. The lowest BCUT2D eigenvalue weighted by molar-refractivity contribution is -0.139. The van der Waals surface area contributed by atoms with E-state index in [2.05, 4.69) is 19.9 Å². The van der Waals surface area contributed by atoms with E-state index < -0.39 is 0 Å². The molecule has 0 aromatic rings. The first-order chi connectivity index (χ1) is 10.5. The number of ketones is 1. The van der Waals surface area contributed by atoms with Crippen molar-refractivity contribution in [2.24, 2.45) is 40.4 Å². The van der Waals surface area contributed by atoms with Crippen LogP contribution in [0.15, 0.2) is 0 Å². The summed E-state index contributed by atoms with van der Waals surface area (Å²) in [4.78, 5) is 12.4. The summed E-state index contributed by atoms with van der Waals surface area (Å²) in [6, 6.07) is 2.53. The van der Waals surface area contributed by atoms with E-state index >= 15 is 0 Å². The highest BCUT2D eigenvalue weighted by Crippen LogP contribution is 2.65. The van der Waals surface area contributed by atoms with Gasteiger partial charge in [-0.3, -0.25) is 4.79 Å². The van der Waals surface area contributed by atoms with Crippen LogP contribution in [0.4, 0.5) is 0 Å². The Hall–Kier alpha value is -0.840. The fraction of sp³-hybridized carbons (Fsp3) is 0.900. The first-order valence-electron chi connectivity index (χ1n) is 9.42. The van der Waals surface area contributed by atoms with E-state index in [1.54, 1.807) is 0 Å². The van der Waals surface area contributed by atoms with Crippen LogP contribution in [-0.4, -0.2) is 5.78 Å². The smallest absolute Gasteiger partial charge is 0.139 e. The van der Waals surface area contributed by atoms with Crippen LogP contribution in [0.5, 0.6) is 0 Å². The van der Waals surface area contributed by atoms with E-state index in [4.69, 9.17) is 0 Å². The lowest BCUT2D eigenvalue weighted by Crippen LogP contribution is -2.53. The Bertz CT molecular complexity index is 534. The summed E-state index contributed by atoms with van der Waals surface area (Å²) in [5.41, 5.74) is 0.456. The maximum Gasteiger partial charge on any atom is 0.139 e. The molecule has 22 heavy (non-hydrogen) atoms. The summed E-state index contributed by atoms with van der Waals surface area (Å²) < 4.78 is 0. The predicted octanol–water partition coefficient (Wildman–Crippen LogP) is 4.74. The van der Waals surface area contributed by atoms with Gasteiger partial charge < -0.3 is 0 Å². The molecule has 4 saturated carbocycles. The van der Waals surface area contributed by atoms with Gasteiger partial charge in [0.05, 0.1) is 6.07 Å². The van der Waals surface area contributed by atoms with Gasteiger partial charge in [-0.2, -0.15) is 5.26 Å². The standard InChI is InChI=1S/C20H29NO/c1-19-9-7-13(12-21)11-14(19)3-4-15-16-5-6-18(22)20(16,2)10-8-17(15)19/h13-17H,3-11H2,1-2H3/t13-,14-,15+,16+,17+,19+,20+/m1/s1. The van der Waals surface area contributed by atoms with E-state index in [0.717, 1.165) is 49.9 Å². The molecule has 2 nitrogen and oxygen atoms in total. The molecule has 4 rings (SSSR count). The average Bonchev–Trinajstić information content (AvgIpc) is 2.82. The minimum Gasteiger partial charge on any atom is -0.299 e. The third-order valence-electron chi connectivity index (χ3n) is 8.56. The van der Waals surface area contributed by atoms with Crippen molar-refractivity contribution in [3.63, 3.8) is 0 Å². The number of carbonyl (C=O) groups excluding carboxylic acids is 1. The van der Waals surface area contributed by atoms with Crippen molar-refractivity contribution in [3.05, 3.63) is 0 Å². The van der Waals surface area contributed by atoms with Gasteiger partial charge >= 0.3 is 0 Å². The largest absolute Gasteiger partial charge is 0.299 e. The molecule has 0 spiro atoms. The minimum absolute atomic E-state index is 0.00815. The Labute approximate surface area is 134 Å². The zero-order chi connectivity index (χ0) is 15.5. The van der Waals surface area contributed by atoms with Crippen LogP contribution in [0, 0.1) is 51.8 Å². The van der Waals surface area contributed by atoms with Crippen LogP contribution in [0.3, 0.4) is 0 Å². The van der Waals surface area contributed by atoms with Gasteiger partial charge in [0, 0.05) is 17.8 Å². The van der Waals surface area contributed by atoms with Crippen molar-refractivity contribution in [1.82, 2.24) is 0 Å². The third-order valence-corrected chi connectivity index (χ3v) is 8.56. The number of hydrogen-bond donors (Lipinski definition) is 0. The summed E-state index contributed by atoms with van der Waals surface area (Å²) in [6.07, 6.45) is 10.5. The summed E-state index contributed by atoms with van der Waals surface area (Å²) in [7, 11) is 0. The van der Waals surface area contributed by atoms with Crippen LogP contribution in [-0.2, 0) is 4.79 Å². The third kappa shape index (κ3) is 1.81. The second-order valence-corrected chi connectivity index (χ2v) is 9.18. The van der Waals surface area contributed by atoms with Gasteiger partial charge in [-0.15, -0.1) is 0 Å². The normalized spacial score (nSPS) is 54.0. The second kappa shape index (κ2) is 4.83. The number of fused-ring (bicyclic) bond motifs is 5. The van der Waals surface area contributed by atoms with Gasteiger partial charge in [-0.25, -0.2) is 0 Å². The van der Waals surface area contributed by atoms with Gasteiger partial charge in [0.2, 0.25) is 0 Å². The molecular weight excluding hydrogens is 270 g/mol. The topological polar surface area (TPSA) is 40.9 Å². The van der Waals surface area contributed by atoms with Crippen LogP contribution in [0.1, 0.15) is 71.6 Å². The van der Waals surface area contributed by atoms with E-state index in [9.17, 15) is 10.1 Å². The first-order valence-corrected chi connectivity index (χ1v) is 9.42. The molecule has 4 aliphatic rings. The van der Waals surface area contributed by atoms with Crippen LogP contribution in [0.2, 0.25) is 0 Å². The number of nitrogens with zero attached hydrogens (tertiary/aromatic N) is 1. The molecule has 4 aliphatic carbocycles. The summed E-state index contributed by atoms with van der Waals surface area (Å²) in [5.74, 6) is 3.87. The number of rotatable bonds is 0. The number of hydrogen-bond acceptors (Lipinski definition) is 2. The molecule has 0 radical (unpaired) electrons. The first kappa shape index (κ1) is 14.7. The van der Waals surface area contributed by atoms with Crippen LogP contribution >= 0.6 is 0 Å². The fourth-order valence-electron chi connectivity index (χ4n) is 7.15. The van der Waals surface area contributed by atoms with E-state index in [1.807, 2.05) is 0 Å². The zero-order valence-corrected chi connectivity index (χ0v) is 14.1. The minimum atomic E-state index is 0.00815. The molecule has 7 atom stereocenters. The molecule has 0 heterocycles. The molecule has 2 heteroatoms. The molecule has 0 aromatic heterocycles. The number of Topliss-reactive ketones (excluding diaryl/α,β-unsaturated/α-hetero) is 1. The monoisotopic (exact) mass is 299 g/mol. The lowest BCUT2D eigenvalue weighted by atomic mass is 9.45. The molecule has 120 valence electrons. The van der Waals surface area contributed by atoms with E-state index in [-0.39, 0.29) is 5.41 Å². The zero-order valence-electron chi connectivity index (χ0n) is 14.1. The summed E-state index contributed by atoms with van der Waals surface area (Å²) >= 11 is 0. The van der Waals surface area contributed by atoms with E-state index in [0.29, 0.717) is 23.0 Å².